The van der Waals surface area contributed by atoms with E-state index in [0.29, 0.717) is 13.0 Å². The zero-order valence-corrected chi connectivity index (χ0v) is 10.9. The fourth-order valence-corrected chi connectivity index (χ4v) is 1.71. The number of halogens is 1. The number of nitrogens with zero attached hydrogens (tertiary/aromatic N) is 1. The maximum Gasteiger partial charge on any atom is 0.108 e. The van der Waals surface area contributed by atoms with Gasteiger partial charge >= 0.3 is 0 Å². The van der Waals surface area contributed by atoms with Crippen molar-refractivity contribution >= 4 is 15.9 Å². The molecule has 0 aliphatic heterocycles. The van der Waals surface area contributed by atoms with Gasteiger partial charge in [0.1, 0.15) is 5.54 Å². The smallest absolute Gasteiger partial charge is 0.108 e. The Bertz CT molecular complexity index is 391. The summed E-state index contributed by atoms with van der Waals surface area (Å²) in [5.41, 5.74) is 0.603. The first-order valence-corrected chi connectivity index (χ1v) is 5.90. The minimum Gasteiger partial charge on any atom is -0.296 e. The fourth-order valence-electron chi connectivity index (χ4n) is 1.45. The molecular weight excluding hydrogens is 264 g/mol. The van der Waals surface area contributed by atoms with E-state index in [1.54, 1.807) is 6.08 Å². The molecule has 0 aliphatic carbocycles. The minimum absolute atomic E-state index is 0.540. The molecule has 3 heteroatoms. The Balaban J connectivity index is 2.73. The molecule has 1 unspecified atom stereocenters. The number of rotatable bonds is 5. The molecule has 0 saturated heterocycles. The van der Waals surface area contributed by atoms with Crippen molar-refractivity contribution in [2.45, 2.75) is 18.9 Å². The largest absolute Gasteiger partial charge is 0.296 e. The van der Waals surface area contributed by atoms with Gasteiger partial charge in [0.2, 0.25) is 0 Å². The highest BCUT2D eigenvalue weighted by Gasteiger charge is 2.22. The van der Waals surface area contributed by atoms with E-state index in [0.717, 1.165) is 10.0 Å². The first kappa shape index (κ1) is 13.0. The molecule has 16 heavy (non-hydrogen) atoms. The summed E-state index contributed by atoms with van der Waals surface area (Å²) < 4.78 is 1.05. The second-order valence-electron chi connectivity index (χ2n) is 3.92. The number of benzene rings is 1. The van der Waals surface area contributed by atoms with Crippen LogP contribution in [0.5, 0.6) is 0 Å². The summed E-state index contributed by atoms with van der Waals surface area (Å²) in [6, 6.07) is 10.3. The van der Waals surface area contributed by atoms with Crippen LogP contribution in [-0.4, -0.2) is 12.1 Å². The highest BCUT2D eigenvalue weighted by Crippen LogP contribution is 2.16. The van der Waals surface area contributed by atoms with Crippen LogP contribution in [0, 0.1) is 11.3 Å². The van der Waals surface area contributed by atoms with Crippen LogP contribution in [0.1, 0.15) is 12.5 Å². The summed E-state index contributed by atoms with van der Waals surface area (Å²) in [5, 5.41) is 12.3. The molecule has 1 atom stereocenters. The summed E-state index contributed by atoms with van der Waals surface area (Å²) >= 11 is 3.39. The first-order valence-electron chi connectivity index (χ1n) is 5.11. The van der Waals surface area contributed by atoms with Crippen molar-refractivity contribution in [1.29, 1.82) is 5.26 Å². The van der Waals surface area contributed by atoms with Crippen LogP contribution in [0.15, 0.2) is 41.4 Å². The maximum atomic E-state index is 9.17. The molecule has 0 aliphatic rings. The van der Waals surface area contributed by atoms with Crippen LogP contribution in [0.25, 0.3) is 0 Å². The van der Waals surface area contributed by atoms with Gasteiger partial charge in [0, 0.05) is 17.4 Å². The lowest BCUT2D eigenvalue weighted by Gasteiger charge is -2.22. The van der Waals surface area contributed by atoms with Gasteiger partial charge in [0.05, 0.1) is 6.07 Å². The van der Waals surface area contributed by atoms with Crippen molar-refractivity contribution in [3.63, 3.8) is 0 Å². The second-order valence-corrected chi connectivity index (χ2v) is 4.83. The highest BCUT2D eigenvalue weighted by molar-refractivity contribution is 9.10. The third-order valence-electron chi connectivity index (χ3n) is 2.35. The molecule has 0 fully saturated rings. The molecule has 0 heterocycles. The van der Waals surface area contributed by atoms with E-state index in [1.165, 1.54) is 0 Å². The molecular formula is C13H15BrN2. The van der Waals surface area contributed by atoms with Crippen LogP contribution in [0.4, 0.5) is 0 Å². The standard InChI is InChI=1S/C13H15BrN2/c1-3-8-16-13(2,10-15)9-11-4-6-12(14)7-5-11/h3-7,16H,1,8-9H2,2H3. The summed E-state index contributed by atoms with van der Waals surface area (Å²) in [6.45, 7) is 6.18. The van der Waals surface area contributed by atoms with Crippen molar-refractivity contribution in [3.8, 4) is 6.07 Å². The van der Waals surface area contributed by atoms with Crippen molar-refractivity contribution in [3.05, 3.63) is 47.0 Å². The third-order valence-corrected chi connectivity index (χ3v) is 2.88. The lowest BCUT2D eigenvalue weighted by Crippen LogP contribution is -2.43. The molecule has 0 radical (unpaired) electrons. The van der Waals surface area contributed by atoms with Crippen LogP contribution in [-0.2, 0) is 6.42 Å². The monoisotopic (exact) mass is 278 g/mol. The maximum absolute atomic E-state index is 9.17. The SMILES string of the molecule is C=CCNC(C)(C#N)Cc1ccc(Br)cc1. The predicted molar refractivity (Wildman–Crippen MR) is 70.1 cm³/mol. The predicted octanol–water partition coefficient (Wildman–Crippen LogP) is 3.05. The van der Waals surface area contributed by atoms with Gasteiger partial charge < -0.3 is 0 Å². The zero-order valence-electron chi connectivity index (χ0n) is 9.33. The Morgan fingerprint density at radius 1 is 1.50 bits per heavy atom. The van der Waals surface area contributed by atoms with Gasteiger partial charge in [-0.15, -0.1) is 6.58 Å². The first-order chi connectivity index (χ1) is 7.59. The third kappa shape index (κ3) is 3.80. The van der Waals surface area contributed by atoms with Gasteiger partial charge in [0.25, 0.3) is 0 Å². The summed E-state index contributed by atoms with van der Waals surface area (Å²) in [7, 11) is 0. The van der Waals surface area contributed by atoms with Crippen LogP contribution in [0.3, 0.4) is 0 Å². The average molecular weight is 279 g/mol. The lowest BCUT2D eigenvalue weighted by molar-refractivity contribution is 0.469. The minimum atomic E-state index is -0.540. The molecule has 0 saturated carbocycles. The van der Waals surface area contributed by atoms with Crippen molar-refractivity contribution in [2.24, 2.45) is 0 Å². The number of nitrogens with one attached hydrogen (secondary N) is 1. The Hall–Kier alpha value is -1.11. The molecule has 1 N–H and O–H groups in total. The average Bonchev–Trinajstić information content (AvgIpc) is 2.30. The molecule has 0 spiro atoms. The van der Waals surface area contributed by atoms with Crippen LogP contribution >= 0.6 is 15.9 Å². The molecule has 1 rings (SSSR count). The molecule has 1 aromatic carbocycles. The van der Waals surface area contributed by atoms with Crippen molar-refractivity contribution < 1.29 is 0 Å². The van der Waals surface area contributed by atoms with E-state index in [-0.39, 0.29) is 0 Å². The molecule has 1 aromatic rings. The fraction of sp³-hybridized carbons (Fsp3) is 0.308. The van der Waals surface area contributed by atoms with Crippen LogP contribution < -0.4 is 5.32 Å². The number of nitriles is 1. The molecule has 84 valence electrons. The Morgan fingerprint density at radius 2 is 2.12 bits per heavy atom. The van der Waals surface area contributed by atoms with Gasteiger partial charge in [-0.3, -0.25) is 5.32 Å². The van der Waals surface area contributed by atoms with E-state index in [2.05, 4.69) is 33.9 Å². The number of hydrogen-bond donors (Lipinski definition) is 1. The molecule has 0 amide bonds. The summed E-state index contributed by atoms with van der Waals surface area (Å²) in [6.07, 6.45) is 2.45. The Kier molecular flexibility index (Phi) is 4.72. The molecule has 2 nitrogen and oxygen atoms in total. The summed E-state index contributed by atoms with van der Waals surface area (Å²) in [4.78, 5) is 0. The second kappa shape index (κ2) is 5.83. The lowest BCUT2D eigenvalue weighted by atomic mass is 9.94. The van der Waals surface area contributed by atoms with E-state index >= 15 is 0 Å². The van der Waals surface area contributed by atoms with Gasteiger partial charge in [-0.25, -0.2) is 0 Å². The molecule has 0 bridgehead atoms. The van der Waals surface area contributed by atoms with E-state index < -0.39 is 5.54 Å². The van der Waals surface area contributed by atoms with Crippen LogP contribution in [0.2, 0.25) is 0 Å². The van der Waals surface area contributed by atoms with E-state index in [9.17, 15) is 5.26 Å². The Labute approximate surface area is 105 Å². The van der Waals surface area contributed by atoms with Gasteiger partial charge in [0.15, 0.2) is 0 Å². The quantitative estimate of drug-likeness (QED) is 0.841. The Morgan fingerprint density at radius 3 is 2.62 bits per heavy atom. The van der Waals surface area contributed by atoms with Gasteiger partial charge in [-0.05, 0) is 24.6 Å². The molecule has 0 aromatic heterocycles. The zero-order chi connectivity index (χ0) is 12.0. The number of hydrogen-bond acceptors (Lipinski definition) is 2. The van der Waals surface area contributed by atoms with Crippen molar-refractivity contribution in [1.82, 2.24) is 5.32 Å². The topological polar surface area (TPSA) is 35.8 Å². The van der Waals surface area contributed by atoms with Gasteiger partial charge in [-0.1, -0.05) is 34.1 Å². The summed E-state index contributed by atoms with van der Waals surface area (Å²) in [5.74, 6) is 0. The van der Waals surface area contributed by atoms with Gasteiger partial charge in [-0.2, -0.15) is 5.26 Å². The van der Waals surface area contributed by atoms with Crippen molar-refractivity contribution in [2.75, 3.05) is 6.54 Å². The highest BCUT2D eigenvalue weighted by atomic mass is 79.9. The van der Waals surface area contributed by atoms with E-state index in [1.807, 2.05) is 31.2 Å². The normalized spacial score (nSPS) is 13.8. The van der Waals surface area contributed by atoms with E-state index in [4.69, 9.17) is 0 Å².